The van der Waals surface area contributed by atoms with Gasteiger partial charge in [0, 0.05) is 12.8 Å². The fourth-order valence-electron chi connectivity index (χ4n) is 3.62. The highest BCUT2D eigenvalue weighted by atomic mass is 16.6. The number of hydrogen-bond donors (Lipinski definition) is 0. The highest BCUT2D eigenvalue weighted by Crippen LogP contribution is 2.13. The third-order valence-electron chi connectivity index (χ3n) is 5.58. The Morgan fingerprint density at radius 3 is 1.00 bits per heavy atom. The van der Waals surface area contributed by atoms with Gasteiger partial charge in [0.05, 0.1) is 0 Å². The van der Waals surface area contributed by atoms with Crippen LogP contribution in [-0.4, -0.2) is 25.2 Å². The van der Waals surface area contributed by atoms with Gasteiger partial charge in [-0.1, -0.05) is 117 Å². The lowest BCUT2D eigenvalue weighted by atomic mass is 10.0. The first-order chi connectivity index (χ1) is 14.7. The topological polar surface area (TPSA) is 52.6 Å². The van der Waals surface area contributed by atoms with Crippen LogP contribution in [0.1, 0.15) is 142 Å². The van der Waals surface area contributed by atoms with E-state index in [0.29, 0.717) is 12.8 Å². The van der Waals surface area contributed by atoms with Crippen LogP contribution in [0.3, 0.4) is 0 Å². The Kier molecular flexibility index (Phi) is 23.4. The summed E-state index contributed by atoms with van der Waals surface area (Å²) in [5, 5.41) is 0. The minimum Gasteiger partial charge on any atom is -0.462 e. The van der Waals surface area contributed by atoms with Gasteiger partial charge in [-0.3, -0.25) is 9.59 Å². The molecule has 0 aliphatic carbocycles. The number of carbonyl (C=O) groups is 2. The van der Waals surface area contributed by atoms with Crippen molar-refractivity contribution in [1.29, 1.82) is 0 Å². The van der Waals surface area contributed by atoms with Gasteiger partial charge in [0.2, 0.25) is 0 Å². The molecule has 0 rings (SSSR count). The van der Waals surface area contributed by atoms with Crippen molar-refractivity contribution in [1.82, 2.24) is 0 Å². The quantitative estimate of drug-likeness (QED) is 0.123. The predicted octanol–water partition coefficient (Wildman–Crippen LogP) is 7.91. The summed E-state index contributed by atoms with van der Waals surface area (Å²) in [7, 11) is 0. The predicted molar refractivity (Wildman–Crippen MR) is 126 cm³/mol. The minimum atomic E-state index is -0.181. The number of hydrogen-bond acceptors (Lipinski definition) is 4. The second kappa shape index (κ2) is 24.2. The van der Waals surface area contributed by atoms with Crippen LogP contribution in [-0.2, 0) is 19.1 Å². The summed E-state index contributed by atoms with van der Waals surface area (Å²) >= 11 is 0. The van der Waals surface area contributed by atoms with Crippen molar-refractivity contribution in [2.45, 2.75) is 142 Å². The Bertz CT molecular complexity index is 381. The molecule has 0 aromatic heterocycles. The molecule has 0 saturated carbocycles. The van der Waals surface area contributed by atoms with E-state index in [1.165, 1.54) is 89.9 Å². The molecule has 0 heterocycles. The molecule has 0 N–H and O–H groups in total. The highest BCUT2D eigenvalue weighted by Gasteiger charge is 2.05. The molecular weight excluding hydrogens is 376 g/mol. The van der Waals surface area contributed by atoms with Crippen LogP contribution in [0.4, 0.5) is 0 Å². The van der Waals surface area contributed by atoms with E-state index in [9.17, 15) is 9.59 Å². The van der Waals surface area contributed by atoms with Crippen molar-refractivity contribution in [3.8, 4) is 0 Å². The van der Waals surface area contributed by atoms with Gasteiger partial charge in [-0.25, -0.2) is 0 Å². The molecule has 0 aliphatic heterocycles. The average Bonchev–Trinajstić information content (AvgIpc) is 2.74. The fraction of sp³-hybridized carbons (Fsp3) is 0.923. The lowest BCUT2D eigenvalue weighted by Gasteiger charge is -2.07. The fourth-order valence-corrected chi connectivity index (χ4v) is 3.62. The van der Waals surface area contributed by atoms with Crippen molar-refractivity contribution in [2.24, 2.45) is 0 Å². The van der Waals surface area contributed by atoms with Gasteiger partial charge in [0.1, 0.15) is 13.2 Å². The standard InChI is InChI=1S/C26H50O4/c1-3-5-7-9-10-11-12-13-14-15-16-18-20-22-26(28)30-24-23-29-25(27)21-19-17-8-6-4-2/h3-24H2,1-2H3. The van der Waals surface area contributed by atoms with Crippen LogP contribution in [0.5, 0.6) is 0 Å². The first-order valence-electron chi connectivity index (χ1n) is 13.0. The Hall–Kier alpha value is -1.06. The van der Waals surface area contributed by atoms with Gasteiger partial charge in [0.25, 0.3) is 0 Å². The molecule has 4 nitrogen and oxygen atoms in total. The van der Waals surface area contributed by atoms with Gasteiger partial charge < -0.3 is 9.47 Å². The summed E-state index contributed by atoms with van der Waals surface area (Å²) in [5.74, 6) is -0.354. The van der Waals surface area contributed by atoms with Crippen molar-refractivity contribution in [3.05, 3.63) is 0 Å². The first kappa shape index (κ1) is 28.9. The van der Waals surface area contributed by atoms with Crippen LogP contribution in [0, 0.1) is 0 Å². The largest absolute Gasteiger partial charge is 0.462 e. The Morgan fingerprint density at radius 2 is 0.700 bits per heavy atom. The first-order valence-corrected chi connectivity index (χ1v) is 13.0. The van der Waals surface area contributed by atoms with Gasteiger partial charge >= 0.3 is 11.9 Å². The van der Waals surface area contributed by atoms with Crippen LogP contribution in [0.15, 0.2) is 0 Å². The summed E-state index contributed by atoms with van der Waals surface area (Å²) < 4.78 is 10.2. The van der Waals surface area contributed by atoms with Gasteiger partial charge in [0.15, 0.2) is 0 Å². The number of carbonyl (C=O) groups excluding carboxylic acids is 2. The third kappa shape index (κ3) is 23.2. The summed E-state index contributed by atoms with van der Waals surface area (Å²) in [5.41, 5.74) is 0. The number of ether oxygens (including phenoxy) is 2. The van der Waals surface area contributed by atoms with E-state index in [1.807, 2.05) is 0 Å². The van der Waals surface area contributed by atoms with E-state index in [1.54, 1.807) is 0 Å². The molecule has 0 radical (unpaired) electrons. The van der Waals surface area contributed by atoms with E-state index in [-0.39, 0.29) is 25.2 Å². The Labute approximate surface area is 186 Å². The molecule has 0 fully saturated rings. The van der Waals surface area contributed by atoms with Crippen LogP contribution in [0.2, 0.25) is 0 Å². The molecule has 0 aromatic carbocycles. The molecule has 30 heavy (non-hydrogen) atoms. The van der Waals surface area contributed by atoms with E-state index in [2.05, 4.69) is 13.8 Å². The van der Waals surface area contributed by atoms with Crippen LogP contribution < -0.4 is 0 Å². The van der Waals surface area contributed by atoms with Crippen molar-refractivity contribution >= 4 is 11.9 Å². The summed E-state index contributed by atoms with van der Waals surface area (Å²) in [6, 6.07) is 0. The number of rotatable bonds is 23. The summed E-state index contributed by atoms with van der Waals surface area (Å²) in [4.78, 5) is 23.3. The Morgan fingerprint density at radius 1 is 0.433 bits per heavy atom. The average molecular weight is 427 g/mol. The molecule has 0 atom stereocenters. The van der Waals surface area contributed by atoms with Gasteiger partial charge in [-0.15, -0.1) is 0 Å². The van der Waals surface area contributed by atoms with E-state index in [0.717, 1.165) is 25.7 Å². The summed E-state index contributed by atoms with van der Waals surface area (Å²) in [6.45, 7) is 4.80. The molecule has 0 spiro atoms. The number of unbranched alkanes of at least 4 members (excludes halogenated alkanes) is 16. The molecule has 0 amide bonds. The number of esters is 2. The van der Waals surface area contributed by atoms with Crippen LogP contribution >= 0.6 is 0 Å². The third-order valence-corrected chi connectivity index (χ3v) is 5.58. The highest BCUT2D eigenvalue weighted by molar-refractivity contribution is 5.70. The maximum Gasteiger partial charge on any atom is 0.305 e. The zero-order valence-corrected chi connectivity index (χ0v) is 20.2. The maximum absolute atomic E-state index is 11.7. The minimum absolute atomic E-state index is 0.173. The molecule has 178 valence electrons. The van der Waals surface area contributed by atoms with E-state index >= 15 is 0 Å². The van der Waals surface area contributed by atoms with Crippen molar-refractivity contribution < 1.29 is 19.1 Å². The zero-order valence-electron chi connectivity index (χ0n) is 20.2. The molecular formula is C26H50O4. The molecule has 4 heteroatoms. The second-order valence-corrected chi connectivity index (χ2v) is 8.60. The van der Waals surface area contributed by atoms with Crippen molar-refractivity contribution in [3.63, 3.8) is 0 Å². The zero-order chi connectivity index (χ0) is 22.1. The molecule has 0 aliphatic rings. The molecule has 0 unspecified atom stereocenters. The molecule has 0 aromatic rings. The SMILES string of the molecule is CCCCCCCCCCCCCCCC(=O)OCCOC(=O)CCCCCCC. The lowest BCUT2D eigenvalue weighted by molar-refractivity contribution is -0.152. The molecule has 0 saturated heterocycles. The Balaban J connectivity index is 3.26. The summed E-state index contributed by atoms with van der Waals surface area (Å²) in [6.07, 6.45) is 23.4. The maximum atomic E-state index is 11.7. The van der Waals surface area contributed by atoms with Gasteiger partial charge in [-0.2, -0.15) is 0 Å². The van der Waals surface area contributed by atoms with Crippen LogP contribution in [0.25, 0.3) is 0 Å². The lowest BCUT2D eigenvalue weighted by Crippen LogP contribution is -2.13. The van der Waals surface area contributed by atoms with Crippen molar-refractivity contribution in [2.75, 3.05) is 13.2 Å². The normalized spacial score (nSPS) is 10.9. The smallest absolute Gasteiger partial charge is 0.305 e. The second-order valence-electron chi connectivity index (χ2n) is 8.60. The molecule has 0 bridgehead atoms. The van der Waals surface area contributed by atoms with Gasteiger partial charge in [-0.05, 0) is 12.8 Å². The van der Waals surface area contributed by atoms with E-state index in [4.69, 9.17) is 9.47 Å². The van der Waals surface area contributed by atoms with E-state index < -0.39 is 0 Å². The monoisotopic (exact) mass is 426 g/mol.